The third-order valence-corrected chi connectivity index (χ3v) is 4.12. The number of sulfonamides is 1. The highest BCUT2D eigenvalue weighted by molar-refractivity contribution is 7.89. The lowest BCUT2D eigenvalue weighted by Gasteiger charge is -2.15. The van der Waals surface area contributed by atoms with Gasteiger partial charge in [0.05, 0.1) is 4.90 Å². The molecular weight excluding hydrogens is 323 g/mol. The van der Waals surface area contributed by atoms with Gasteiger partial charge in [0.25, 0.3) is 15.9 Å². The smallest absolute Gasteiger partial charge is 0.275 e. The van der Waals surface area contributed by atoms with Crippen LogP contribution in [0.3, 0.4) is 0 Å². The first-order valence-electron chi connectivity index (χ1n) is 6.67. The summed E-state index contributed by atoms with van der Waals surface area (Å²) < 4.78 is 42.0. The zero-order valence-corrected chi connectivity index (χ0v) is 13.0. The number of rotatable bonds is 6. The van der Waals surface area contributed by atoms with E-state index in [0.29, 0.717) is 5.75 Å². The quantitative estimate of drug-likeness (QED) is 0.784. The van der Waals surface area contributed by atoms with Crippen LogP contribution >= 0.6 is 0 Å². The molecule has 23 heavy (non-hydrogen) atoms. The molecule has 0 saturated heterocycles. The fraction of sp³-hybridized carbons (Fsp3) is 0.133. The molecule has 2 rings (SSSR count). The highest BCUT2D eigenvalue weighted by atomic mass is 32.2. The van der Waals surface area contributed by atoms with Gasteiger partial charge in [-0.2, -0.15) is 0 Å². The van der Waals surface area contributed by atoms with E-state index in [1.54, 1.807) is 18.2 Å². The molecule has 0 aliphatic heterocycles. The Balaban J connectivity index is 1.92. The van der Waals surface area contributed by atoms with Crippen LogP contribution in [0.4, 0.5) is 4.39 Å². The number of halogens is 1. The van der Waals surface area contributed by atoms with Gasteiger partial charge in [-0.3, -0.25) is 10.2 Å². The highest BCUT2D eigenvalue weighted by Crippen LogP contribution is 2.13. The van der Waals surface area contributed by atoms with Crippen molar-refractivity contribution in [3.05, 3.63) is 60.4 Å². The molecule has 0 aromatic heterocycles. The van der Waals surface area contributed by atoms with Gasteiger partial charge in [0.15, 0.2) is 6.10 Å². The average molecular weight is 338 g/mol. The lowest BCUT2D eigenvalue weighted by Crippen LogP contribution is -2.47. The molecule has 122 valence electrons. The molecule has 0 aliphatic carbocycles. The second-order valence-electron chi connectivity index (χ2n) is 4.62. The number of nitrogens with one attached hydrogen (secondary N) is 2. The minimum Gasteiger partial charge on any atom is -0.481 e. The molecule has 2 N–H and O–H groups in total. The third kappa shape index (κ3) is 4.76. The molecule has 0 fully saturated rings. The van der Waals surface area contributed by atoms with Crippen LogP contribution in [-0.4, -0.2) is 20.4 Å². The first-order chi connectivity index (χ1) is 10.9. The number of carbonyl (C=O) groups is 1. The van der Waals surface area contributed by atoms with E-state index in [1.165, 1.54) is 43.3 Å². The van der Waals surface area contributed by atoms with Crippen LogP contribution in [0.5, 0.6) is 5.75 Å². The van der Waals surface area contributed by atoms with E-state index in [4.69, 9.17) is 4.74 Å². The molecule has 2 aromatic carbocycles. The zero-order chi connectivity index (χ0) is 16.9. The standard InChI is InChI=1S/C15H15FN2O4S/c1-11(22-13-9-7-12(16)8-10-13)15(19)17-18-23(20,21)14-5-3-2-4-6-14/h2-11,18H,1H3,(H,17,19)/t11-/m1/s1. The van der Waals surface area contributed by atoms with E-state index in [9.17, 15) is 17.6 Å². The molecule has 0 aliphatic rings. The fourth-order valence-corrected chi connectivity index (χ4v) is 2.52. The van der Waals surface area contributed by atoms with Crippen LogP contribution in [0.1, 0.15) is 6.92 Å². The number of hydrogen-bond acceptors (Lipinski definition) is 4. The van der Waals surface area contributed by atoms with Gasteiger partial charge in [-0.1, -0.05) is 18.2 Å². The molecule has 6 nitrogen and oxygen atoms in total. The lowest BCUT2D eigenvalue weighted by atomic mass is 10.3. The van der Waals surface area contributed by atoms with Crippen molar-refractivity contribution in [1.29, 1.82) is 0 Å². The number of amides is 1. The van der Waals surface area contributed by atoms with Crippen molar-refractivity contribution in [2.75, 3.05) is 0 Å². The minimum absolute atomic E-state index is 0.0207. The van der Waals surface area contributed by atoms with E-state index in [2.05, 4.69) is 5.43 Å². The number of ether oxygens (including phenoxy) is 1. The second-order valence-corrected chi connectivity index (χ2v) is 6.30. The molecule has 0 unspecified atom stereocenters. The summed E-state index contributed by atoms with van der Waals surface area (Å²) in [6, 6.07) is 12.7. The van der Waals surface area contributed by atoms with E-state index in [1.807, 2.05) is 4.83 Å². The monoisotopic (exact) mass is 338 g/mol. The Kier molecular flexibility index (Phi) is 5.30. The predicted molar refractivity (Wildman–Crippen MR) is 81.4 cm³/mol. The molecule has 0 saturated carbocycles. The van der Waals surface area contributed by atoms with Gasteiger partial charge in [0.1, 0.15) is 11.6 Å². The average Bonchev–Trinajstić information content (AvgIpc) is 2.55. The predicted octanol–water partition coefficient (Wildman–Crippen LogP) is 1.60. The maximum atomic E-state index is 12.8. The summed E-state index contributed by atoms with van der Waals surface area (Å²) in [5, 5.41) is 0. The highest BCUT2D eigenvalue weighted by Gasteiger charge is 2.19. The van der Waals surface area contributed by atoms with Crippen LogP contribution in [-0.2, 0) is 14.8 Å². The molecule has 1 amide bonds. The molecular formula is C15H15FN2O4S. The van der Waals surface area contributed by atoms with Crippen molar-refractivity contribution < 1.29 is 22.3 Å². The number of benzene rings is 2. The van der Waals surface area contributed by atoms with Gasteiger partial charge in [0, 0.05) is 0 Å². The Morgan fingerprint density at radius 1 is 1.09 bits per heavy atom. The Labute approximate surface area is 133 Å². The van der Waals surface area contributed by atoms with Gasteiger partial charge >= 0.3 is 0 Å². The summed E-state index contributed by atoms with van der Waals surface area (Å²) in [4.78, 5) is 13.9. The van der Waals surface area contributed by atoms with Crippen molar-refractivity contribution in [3.8, 4) is 5.75 Å². The second kappa shape index (κ2) is 7.21. The number of hydrazine groups is 1. The van der Waals surface area contributed by atoms with Crippen LogP contribution in [0.15, 0.2) is 59.5 Å². The lowest BCUT2D eigenvalue weighted by molar-refractivity contribution is -0.127. The summed E-state index contributed by atoms with van der Waals surface area (Å²) in [6.07, 6.45) is -0.973. The van der Waals surface area contributed by atoms with Crippen molar-refractivity contribution >= 4 is 15.9 Å². The van der Waals surface area contributed by atoms with Crippen LogP contribution in [0.2, 0.25) is 0 Å². The van der Waals surface area contributed by atoms with Crippen molar-refractivity contribution in [1.82, 2.24) is 10.3 Å². The molecule has 2 aromatic rings. The molecule has 0 bridgehead atoms. The van der Waals surface area contributed by atoms with E-state index in [0.717, 1.165) is 0 Å². The summed E-state index contributed by atoms with van der Waals surface area (Å²) in [5.41, 5.74) is 2.08. The topological polar surface area (TPSA) is 84.5 Å². The normalized spacial score (nSPS) is 12.4. The largest absolute Gasteiger partial charge is 0.481 e. The van der Waals surface area contributed by atoms with Crippen LogP contribution in [0, 0.1) is 5.82 Å². The summed E-state index contributed by atoms with van der Waals surface area (Å²) in [6.45, 7) is 1.44. The maximum absolute atomic E-state index is 12.8. The molecule has 8 heteroatoms. The van der Waals surface area contributed by atoms with E-state index >= 15 is 0 Å². The number of carbonyl (C=O) groups excluding carboxylic acids is 1. The van der Waals surface area contributed by atoms with Gasteiger partial charge in [0.2, 0.25) is 0 Å². The minimum atomic E-state index is -3.85. The molecule has 1 atom stereocenters. The van der Waals surface area contributed by atoms with Gasteiger partial charge in [-0.25, -0.2) is 12.8 Å². The SMILES string of the molecule is C[C@@H](Oc1ccc(F)cc1)C(=O)NNS(=O)(=O)c1ccccc1. The van der Waals surface area contributed by atoms with E-state index in [-0.39, 0.29) is 4.90 Å². The summed E-state index contributed by atoms with van der Waals surface area (Å²) >= 11 is 0. The van der Waals surface area contributed by atoms with Crippen LogP contribution in [0.25, 0.3) is 0 Å². The third-order valence-electron chi connectivity index (χ3n) is 2.86. The zero-order valence-electron chi connectivity index (χ0n) is 12.2. The maximum Gasteiger partial charge on any atom is 0.275 e. The van der Waals surface area contributed by atoms with Gasteiger partial charge in [-0.05, 0) is 43.3 Å². The Bertz CT molecular complexity index is 764. The van der Waals surface area contributed by atoms with Crippen molar-refractivity contribution in [2.24, 2.45) is 0 Å². The molecule has 0 spiro atoms. The van der Waals surface area contributed by atoms with Gasteiger partial charge in [-0.15, -0.1) is 4.83 Å². The van der Waals surface area contributed by atoms with Crippen molar-refractivity contribution in [2.45, 2.75) is 17.9 Å². The Morgan fingerprint density at radius 2 is 1.70 bits per heavy atom. The molecule has 0 radical (unpaired) electrons. The fourth-order valence-electron chi connectivity index (χ4n) is 1.65. The summed E-state index contributed by atoms with van der Waals surface area (Å²) in [7, 11) is -3.85. The van der Waals surface area contributed by atoms with E-state index < -0.39 is 27.9 Å². The Morgan fingerprint density at radius 3 is 2.30 bits per heavy atom. The summed E-state index contributed by atoms with van der Waals surface area (Å²) in [5.74, 6) is -0.820. The first kappa shape index (κ1) is 16.9. The molecule has 0 heterocycles. The van der Waals surface area contributed by atoms with Crippen molar-refractivity contribution in [3.63, 3.8) is 0 Å². The Hall–Kier alpha value is -2.45. The van der Waals surface area contributed by atoms with Gasteiger partial charge < -0.3 is 4.74 Å². The first-order valence-corrected chi connectivity index (χ1v) is 8.16. The van der Waals surface area contributed by atoms with Crippen LogP contribution < -0.4 is 15.0 Å². The number of hydrogen-bond donors (Lipinski definition) is 2.